The quantitative estimate of drug-likeness (QED) is 0.624. The van der Waals surface area contributed by atoms with Gasteiger partial charge in [-0.05, 0) is 12.8 Å². The number of aromatic nitrogens is 3. The number of rotatable bonds is 7. The van der Waals surface area contributed by atoms with Crippen molar-refractivity contribution in [2.24, 2.45) is 0 Å². The van der Waals surface area contributed by atoms with E-state index < -0.39 is 0 Å². The highest BCUT2D eigenvalue weighted by atomic mass is 16.5. The molecule has 0 radical (unpaired) electrons. The Morgan fingerprint density at radius 3 is 2.86 bits per heavy atom. The maximum atomic E-state index is 5.41. The van der Waals surface area contributed by atoms with Crippen molar-refractivity contribution in [1.82, 2.24) is 14.8 Å². The van der Waals surface area contributed by atoms with E-state index in [0.29, 0.717) is 0 Å². The average Bonchev–Trinajstić information content (AvgIpc) is 2.61. The second-order valence-corrected chi connectivity index (χ2v) is 3.30. The molecule has 0 N–H and O–H groups in total. The second kappa shape index (κ2) is 6.54. The van der Waals surface area contributed by atoms with E-state index in [2.05, 4.69) is 28.6 Å². The molecule has 1 aromatic rings. The van der Waals surface area contributed by atoms with Crippen molar-refractivity contribution in [3.63, 3.8) is 0 Å². The van der Waals surface area contributed by atoms with Crippen LogP contribution in [-0.2, 0) is 17.7 Å². The highest BCUT2D eigenvalue weighted by molar-refractivity contribution is 4.85. The summed E-state index contributed by atoms with van der Waals surface area (Å²) in [6.07, 6.45) is 4.83. The lowest BCUT2D eigenvalue weighted by Gasteiger charge is -2.04. The monoisotopic (exact) mass is 197 g/mol. The first kappa shape index (κ1) is 11.2. The standard InChI is InChI=1S/C10H19N3O/c1-3-6-13-9-11-12-10(13)5-8-14-7-4-2/h9H,3-8H2,1-2H3. The summed E-state index contributed by atoms with van der Waals surface area (Å²) in [7, 11) is 0. The number of ether oxygens (including phenoxy) is 1. The van der Waals surface area contributed by atoms with Crippen molar-refractivity contribution >= 4 is 0 Å². The van der Waals surface area contributed by atoms with Crippen molar-refractivity contribution in [3.8, 4) is 0 Å². The fourth-order valence-electron chi connectivity index (χ4n) is 1.31. The Labute approximate surface area is 85.3 Å². The first-order valence-corrected chi connectivity index (χ1v) is 5.32. The van der Waals surface area contributed by atoms with Gasteiger partial charge in [0.2, 0.25) is 0 Å². The lowest BCUT2D eigenvalue weighted by Crippen LogP contribution is -2.07. The van der Waals surface area contributed by atoms with Crippen LogP contribution in [0.4, 0.5) is 0 Å². The summed E-state index contributed by atoms with van der Waals surface area (Å²) in [5.41, 5.74) is 0. The Hall–Kier alpha value is -0.900. The van der Waals surface area contributed by atoms with E-state index in [9.17, 15) is 0 Å². The molecule has 1 heterocycles. The lowest BCUT2D eigenvalue weighted by molar-refractivity contribution is 0.136. The van der Waals surface area contributed by atoms with E-state index in [1.807, 2.05) is 0 Å². The lowest BCUT2D eigenvalue weighted by atomic mass is 10.4. The van der Waals surface area contributed by atoms with E-state index in [1.165, 1.54) is 0 Å². The fourth-order valence-corrected chi connectivity index (χ4v) is 1.31. The summed E-state index contributed by atoms with van der Waals surface area (Å²) in [5.74, 6) is 1.03. The van der Waals surface area contributed by atoms with Gasteiger partial charge >= 0.3 is 0 Å². The summed E-state index contributed by atoms with van der Waals surface area (Å²) >= 11 is 0. The van der Waals surface area contributed by atoms with E-state index in [1.54, 1.807) is 6.33 Å². The van der Waals surface area contributed by atoms with E-state index >= 15 is 0 Å². The van der Waals surface area contributed by atoms with Gasteiger partial charge in [-0.2, -0.15) is 0 Å². The predicted molar refractivity (Wildman–Crippen MR) is 55.1 cm³/mol. The molecule has 0 aliphatic rings. The summed E-state index contributed by atoms with van der Waals surface area (Å²) < 4.78 is 7.50. The topological polar surface area (TPSA) is 39.9 Å². The van der Waals surface area contributed by atoms with Crippen LogP contribution in [-0.4, -0.2) is 28.0 Å². The molecule has 0 saturated heterocycles. The van der Waals surface area contributed by atoms with Crippen LogP contribution in [0.15, 0.2) is 6.33 Å². The van der Waals surface area contributed by atoms with Gasteiger partial charge in [0.1, 0.15) is 12.2 Å². The van der Waals surface area contributed by atoms with Crippen LogP contribution in [0.25, 0.3) is 0 Å². The van der Waals surface area contributed by atoms with Crippen molar-refractivity contribution in [2.75, 3.05) is 13.2 Å². The summed E-state index contributed by atoms with van der Waals surface area (Å²) in [4.78, 5) is 0. The summed E-state index contributed by atoms with van der Waals surface area (Å²) in [6, 6.07) is 0. The highest BCUT2D eigenvalue weighted by Gasteiger charge is 2.02. The number of aryl methyl sites for hydroxylation is 1. The van der Waals surface area contributed by atoms with Crippen molar-refractivity contribution in [2.45, 2.75) is 39.7 Å². The van der Waals surface area contributed by atoms with E-state index in [4.69, 9.17) is 4.74 Å². The molecule has 4 nitrogen and oxygen atoms in total. The minimum atomic E-state index is 0.746. The normalized spacial score (nSPS) is 10.7. The zero-order chi connectivity index (χ0) is 10.2. The third kappa shape index (κ3) is 3.46. The van der Waals surface area contributed by atoms with Crippen molar-refractivity contribution in [3.05, 3.63) is 12.2 Å². The zero-order valence-electron chi connectivity index (χ0n) is 9.07. The maximum absolute atomic E-state index is 5.41. The van der Waals surface area contributed by atoms with Crippen LogP contribution in [0, 0.1) is 0 Å². The molecule has 0 saturated carbocycles. The first-order chi connectivity index (χ1) is 6.88. The molecule has 0 amide bonds. The molecule has 0 fully saturated rings. The van der Waals surface area contributed by atoms with Crippen LogP contribution in [0.3, 0.4) is 0 Å². The molecule has 0 bridgehead atoms. The SMILES string of the molecule is CCCOCCc1nncn1CCC. The summed E-state index contributed by atoms with van der Waals surface area (Å²) in [6.45, 7) is 6.84. The predicted octanol–water partition coefficient (Wildman–Crippen LogP) is 1.66. The Morgan fingerprint density at radius 1 is 1.29 bits per heavy atom. The van der Waals surface area contributed by atoms with Gasteiger partial charge < -0.3 is 9.30 Å². The largest absolute Gasteiger partial charge is 0.381 e. The van der Waals surface area contributed by atoms with Crippen LogP contribution in [0.1, 0.15) is 32.5 Å². The molecular formula is C10H19N3O. The third-order valence-electron chi connectivity index (χ3n) is 1.98. The molecule has 0 spiro atoms. The molecule has 1 rings (SSSR count). The average molecular weight is 197 g/mol. The van der Waals surface area contributed by atoms with Gasteiger partial charge in [0.25, 0.3) is 0 Å². The van der Waals surface area contributed by atoms with Crippen LogP contribution in [0.5, 0.6) is 0 Å². The minimum Gasteiger partial charge on any atom is -0.381 e. The van der Waals surface area contributed by atoms with Gasteiger partial charge in [-0.3, -0.25) is 0 Å². The van der Waals surface area contributed by atoms with Gasteiger partial charge in [0.05, 0.1) is 6.61 Å². The molecule has 0 unspecified atom stereocenters. The Bertz CT molecular complexity index is 247. The highest BCUT2D eigenvalue weighted by Crippen LogP contribution is 1.98. The Kier molecular flexibility index (Phi) is 5.22. The van der Waals surface area contributed by atoms with Gasteiger partial charge in [-0.15, -0.1) is 10.2 Å². The smallest absolute Gasteiger partial charge is 0.135 e. The van der Waals surface area contributed by atoms with E-state index in [0.717, 1.165) is 44.8 Å². The van der Waals surface area contributed by atoms with Gasteiger partial charge in [-0.1, -0.05) is 13.8 Å². The van der Waals surface area contributed by atoms with Gasteiger partial charge in [-0.25, -0.2) is 0 Å². The first-order valence-electron chi connectivity index (χ1n) is 5.32. The molecular weight excluding hydrogens is 178 g/mol. The van der Waals surface area contributed by atoms with Gasteiger partial charge in [0, 0.05) is 19.6 Å². The zero-order valence-corrected chi connectivity index (χ0v) is 9.07. The molecule has 14 heavy (non-hydrogen) atoms. The van der Waals surface area contributed by atoms with E-state index in [-0.39, 0.29) is 0 Å². The Morgan fingerprint density at radius 2 is 2.14 bits per heavy atom. The van der Waals surface area contributed by atoms with Gasteiger partial charge in [0.15, 0.2) is 0 Å². The molecule has 0 aromatic carbocycles. The minimum absolute atomic E-state index is 0.746. The molecule has 0 aliphatic carbocycles. The summed E-state index contributed by atoms with van der Waals surface area (Å²) in [5, 5.41) is 7.96. The molecule has 80 valence electrons. The van der Waals surface area contributed by atoms with Crippen LogP contribution in [0.2, 0.25) is 0 Å². The molecule has 0 aliphatic heterocycles. The molecule has 4 heteroatoms. The van der Waals surface area contributed by atoms with Crippen LogP contribution >= 0.6 is 0 Å². The number of hydrogen-bond donors (Lipinski definition) is 0. The second-order valence-electron chi connectivity index (χ2n) is 3.30. The fraction of sp³-hybridized carbons (Fsp3) is 0.800. The maximum Gasteiger partial charge on any atom is 0.135 e. The number of hydrogen-bond acceptors (Lipinski definition) is 3. The number of nitrogens with zero attached hydrogens (tertiary/aromatic N) is 3. The molecule has 1 aromatic heterocycles. The molecule has 0 atom stereocenters. The Balaban J connectivity index is 2.30. The third-order valence-corrected chi connectivity index (χ3v) is 1.98. The van der Waals surface area contributed by atoms with Crippen LogP contribution < -0.4 is 0 Å². The van der Waals surface area contributed by atoms with Crippen molar-refractivity contribution in [1.29, 1.82) is 0 Å². The van der Waals surface area contributed by atoms with Crippen molar-refractivity contribution < 1.29 is 4.74 Å².